The van der Waals surface area contributed by atoms with Crippen molar-refractivity contribution in [3.63, 3.8) is 0 Å². The summed E-state index contributed by atoms with van der Waals surface area (Å²) in [6.07, 6.45) is 2.02. The highest BCUT2D eigenvalue weighted by Crippen LogP contribution is 2.25. The molecule has 2 aromatic rings. The van der Waals surface area contributed by atoms with E-state index in [-0.39, 0.29) is 17.4 Å². The van der Waals surface area contributed by atoms with E-state index in [1.165, 1.54) is 12.1 Å². The number of carbonyl (C=O) groups is 1. The van der Waals surface area contributed by atoms with Gasteiger partial charge in [-0.15, -0.1) is 0 Å². The fraction of sp³-hybridized carbons (Fsp3) is 0.409. The molecule has 1 N–H and O–H groups in total. The highest BCUT2D eigenvalue weighted by molar-refractivity contribution is 7.92. The third kappa shape index (κ3) is 5.44. The first-order valence-electron chi connectivity index (χ1n) is 9.96. The molecule has 1 aliphatic heterocycles. The van der Waals surface area contributed by atoms with Crippen LogP contribution < -0.4 is 14.2 Å². The Kier molecular flexibility index (Phi) is 6.87. The number of sulfonamides is 1. The molecule has 162 valence electrons. The molecule has 0 bridgehead atoms. The van der Waals surface area contributed by atoms with E-state index in [9.17, 15) is 13.2 Å². The number of rotatable bonds is 7. The molecule has 30 heavy (non-hydrogen) atoms. The number of methoxy groups -OCH3 is 1. The van der Waals surface area contributed by atoms with Gasteiger partial charge in [-0.05, 0) is 73.7 Å². The molecule has 1 aliphatic rings. The van der Waals surface area contributed by atoms with Crippen molar-refractivity contribution in [1.82, 2.24) is 4.90 Å². The van der Waals surface area contributed by atoms with Crippen molar-refractivity contribution < 1.29 is 22.7 Å². The average molecular weight is 433 g/mol. The van der Waals surface area contributed by atoms with E-state index in [2.05, 4.69) is 11.6 Å². The van der Waals surface area contributed by atoms with Gasteiger partial charge in [0.1, 0.15) is 11.5 Å². The third-order valence-electron chi connectivity index (χ3n) is 5.29. The van der Waals surface area contributed by atoms with Gasteiger partial charge >= 0.3 is 0 Å². The van der Waals surface area contributed by atoms with E-state index in [1.807, 2.05) is 4.90 Å². The monoisotopic (exact) mass is 432 g/mol. The summed E-state index contributed by atoms with van der Waals surface area (Å²) < 4.78 is 38.6. The minimum absolute atomic E-state index is 0.0424. The predicted molar refractivity (Wildman–Crippen MR) is 115 cm³/mol. The molecule has 1 heterocycles. The van der Waals surface area contributed by atoms with Gasteiger partial charge in [0.05, 0.1) is 12.0 Å². The zero-order valence-corrected chi connectivity index (χ0v) is 18.4. The Balaban J connectivity index is 1.62. The maximum absolute atomic E-state index is 12.7. The van der Waals surface area contributed by atoms with Gasteiger partial charge < -0.3 is 14.4 Å². The highest BCUT2D eigenvalue weighted by Gasteiger charge is 2.21. The summed E-state index contributed by atoms with van der Waals surface area (Å²) in [4.78, 5) is 14.3. The largest absolute Gasteiger partial charge is 0.497 e. The number of piperidine rings is 1. The minimum atomic E-state index is -3.75. The molecule has 3 rings (SSSR count). The van der Waals surface area contributed by atoms with E-state index in [4.69, 9.17) is 9.47 Å². The number of nitrogens with one attached hydrogen (secondary N) is 1. The number of amides is 1. The lowest BCUT2D eigenvalue weighted by Gasteiger charge is -2.30. The second kappa shape index (κ2) is 9.38. The van der Waals surface area contributed by atoms with Crippen LogP contribution in [-0.4, -0.2) is 46.0 Å². The average Bonchev–Trinajstić information content (AvgIpc) is 2.73. The van der Waals surface area contributed by atoms with E-state index in [1.54, 1.807) is 44.4 Å². The second-order valence-corrected chi connectivity index (χ2v) is 9.30. The molecule has 0 aromatic heterocycles. The summed E-state index contributed by atoms with van der Waals surface area (Å²) in [6, 6.07) is 11.2. The SMILES string of the molecule is COc1ccc(NS(=O)(=O)c2ccc(OCC(=O)N3CCC(C)CC3)c(C)c2)cc1. The van der Waals surface area contributed by atoms with Crippen LogP contribution in [-0.2, 0) is 14.8 Å². The molecule has 1 saturated heterocycles. The second-order valence-electron chi connectivity index (χ2n) is 7.61. The highest BCUT2D eigenvalue weighted by atomic mass is 32.2. The molecule has 0 aliphatic carbocycles. The summed E-state index contributed by atoms with van der Waals surface area (Å²) in [5.41, 5.74) is 1.09. The summed E-state index contributed by atoms with van der Waals surface area (Å²) in [6.45, 7) is 5.42. The maximum atomic E-state index is 12.7. The summed E-state index contributed by atoms with van der Waals surface area (Å²) in [7, 11) is -2.20. The molecule has 0 spiro atoms. The number of benzene rings is 2. The molecule has 0 atom stereocenters. The number of nitrogens with zero attached hydrogens (tertiary/aromatic N) is 1. The smallest absolute Gasteiger partial charge is 0.261 e. The van der Waals surface area contributed by atoms with E-state index in [0.29, 0.717) is 28.7 Å². The van der Waals surface area contributed by atoms with Crippen LogP contribution in [0.5, 0.6) is 11.5 Å². The number of anilines is 1. The van der Waals surface area contributed by atoms with Crippen molar-refractivity contribution in [2.45, 2.75) is 31.6 Å². The Labute approximate surface area is 178 Å². The van der Waals surface area contributed by atoms with E-state index < -0.39 is 10.0 Å². The first kappa shape index (κ1) is 22.0. The first-order chi connectivity index (χ1) is 14.3. The molecule has 0 radical (unpaired) electrons. The van der Waals surface area contributed by atoms with Crippen LogP contribution in [0.25, 0.3) is 0 Å². The predicted octanol–water partition coefficient (Wildman–Crippen LogP) is 3.44. The third-order valence-corrected chi connectivity index (χ3v) is 6.67. The standard InChI is InChI=1S/C22H28N2O5S/c1-16-10-12-24(13-11-16)22(25)15-29-21-9-8-20(14-17(21)2)30(26,27)23-18-4-6-19(28-3)7-5-18/h4-9,14,16,23H,10-13,15H2,1-3H3. The van der Waals surface area contributed by atoms with Gasteiger partial charge in [-0.3, -0.25) is 9.52 Å². The number of hydrogen-bond acceptors (Lipinski definition) is 5. The first-order valence-corrected chi connectivity index (χ1v) is 11.4. The van der Waals surface area contributed by atoms with Gasteiger partial charge in [0.15, 0.2) is 6.61 Å². The van der Waals surface area contributed by atoms with Crippen molar-refractivity contribution in [1.29, 1.82) is 0 Å². The Bertz CT molecular complexity index is 981. The Morgan fingerprint density at radius 2 is 1.80 bits per heavy atom. The summed E-state index contributed by atoms with van der Waals surface area (Å²) >= 11 is 0. The normalized spacial score (nSPS) is 15.0. The number of carbonyl (C=O) groups excluding carboxylic acids is 1. The zero-order valence-electron chi connectivity index (χ0n) is 17.6. The number of aryl methyl sites for hydroxylation is 1. The van der Waals surface area contributed by atoms with Crippen LogP contribution in [0.1, 0.15) is 25.3 Å². The van der Waals surface area contributed by atoms with Crippen molar-refractivity contribution in [3.05, 3.63) is 48.0 Å². The van der Waals surface area contributed by atoms with Crippen molar-refractivity contribution in [3.8, 4) is 11.5 Å². The van der Waals surface area contributed by atoms with Gasteiger partial charge in [0, 0.05) is 18.8 Å². The summed E-state index contributed by atoms with van der Waals surface area (Å²) in [5, 5.41) is 0. The van der Waals surface area contributed by atoms with Crippen molar-refractivity contribution in [2.75, 3.05) is 31.5 Å². The number of likely N-dealkylation sites (tertiary alicyclic amines) is 1. The molecule has 7 nitrogen and oxygen atoms in total. The molecule has 0 saturated carbocycles. The quantitative estimate of drug-likeness (QED) is 0.724. The molecule has 1 fully saturated rings. The van der Waals surface area contributed by atoms with Gasteiger partial charge in [0.25, 0.3) is 15.9 Å². The fourth-order valence-electron chi connectivity index (χ4n) is 3.31. The summed E-state index contributed by atoms with van der Waals surface area (Å²) in [5.74, 6) is 1.75. The molecule has 1 amide bonds. The minimum Gasteiger partial charge on any atom is -0.497 e. The Hall–Kier alpha value is -2.74. The number of hydrogen-bond donors (Lipinski definition) is 1. The lowest BCUT2D eigenvalue weighted by atomic mass is 9.99. The fourth-order valence-corrected chi connectivity index (χ4v) is 4.46. The lowest BCUT2D eigenvalue weighted by molar-refractivity contribution is -0.134. The molecular formula is C22H28N2O5S. The lowest BCUT2D eigenvalue weighted by Crippen LogP contribution is -2.40. The van der Waals surface area contributed by atoms with Gasteiger partial charge in [-0.2, -0.15) is 0 Å². The molecular weight excluding hydrogens is 404 g/mol. The number of ether oxygens (including phenoxy) is 2. The Morgan fingerprint density at radius 1 is 1.13 bits per heavy atom. The van der Waals surface area contributed by atoms with Crippen LogP contribution in [0.2, 0.25) is 0 Å². The van der Waals surface area contributed by atoms with Crippen LogP contribution in [0, 0.1) is 12.8 Å². The molecule has 2 aromatic carbocycles. The maximum Gasteiger partial charge on any atom is 0.261 e. The molecule has 8 heteroatoms. The van der Waals surface area contributed by atoms with Gasteiger partial charge in [-0.25, -0.2) is 8.42 Å². The van der Waals surface area contributed by atoms with Gasteiger partial charge in [0.2, 0.25) is 0 Å². The van der Waals surface area contributed by atoms with Crippen LogP contribution in [0.4, 0.5) is 5.69 Å². The van der Waals surface area contributed by atoms with Gasteiger partial charge in [-0.1, -0.05) is 6.92 Å². The van der Waals surface area contributed by atoms with E-state index in [0.717, 1.165) is 25.9 Å². The molecule has 0 unspecified atom stereocenters. The Morgan fingerprint density at radius 3 is 2.40 bits per heavy atom. The van der Waals surface area contributed by atoms with Crippen LogP contribution in [0.3, 0.4) is 0 Å². The van der Waals surface area contributed by atoms with Crippen LogP contribution in [0.15, 0.2) is 47.4 Å². The van der Waals surface area contributed by atoms with E-state index >= 15 is 0 Å². The zero-order chi connectivity index (χ0) is 21.7. The van der Waals surface area contributed by atoms with Crippen molar-refractivity contribution in [2.24, 2.45) is 5.92 Å². The van der Waals surface area contributed by atoms with Crippen LogP contribution >= 0.6 is 0 Å². The topological polar surface area (TPSA) is 84.9 Å². The van der Waals surface area contributed by atoms with Crippen molar-refractivity contribution >= 4 is 21.6 Å².